The van der Waals surface area contributed by atoms with Crippen molar-refractivity contribution in [3.8, 4) is 0 Å². The van der Waals surface area contributed by atoms with Gasteiger partial charge >= 0.3 is 6.09 Å². The van der Waals surface area contributed by atoms with Crippen molar-refractivity contribution in [1.29, 1.82) is 0 Å². The highest BCUT2D eigenvalue weighted by molar-refractivity contribution is 6.01. The van der Waals surface area contributed by atoms with Gasteiger partial charge in [-0.05, 0) is 45.7 Å². The number of furan rings is 1. The molecule has 1 unspecified atom stereocenters. The number of hydrogen-bond donors (Lipinski definition) is 1. The minimum atomic E-state index is -0.722. The van der Waals surface area contributed by atoms with Crippen LogP contribution < -0.4 is 5.32 Å². The molecule has 1 atom stereocenters. The smallest absolute Gasteiger partial charge is 0.408 e. The molecule has 0 saturated heterocycles. The Bertz CT molecular complexity index is 674. The maximum Gasteiger partial charge on any atom is 0.408 e. The van der Waals surface area contributed by atoms with Crippen LogP contribution >= 0.6 is 0 Å². The molecular weight excluding hydrogens is 318 g/mol. The Morgan fingerprint density at radius 2 is 1.64 bits per heavy atom. The fraction of sp³-hybridized carbons (Fsp3) is 0.500. The normalized spacial score (nSPS) is 12.3. The highest BCUT2D eigenvalue weighted by Gasteiger charge is 2.23. The number of carbonyl (C=O) groups excluding carboxylic acids is 2. The predicted molar refractivity (Wildman–Crippen MR) is 99.9 cm³/mol. The van der Waals surface area contributed by atoms with E-state index in [9.17, 15) is 9.59 Å². The number of carbonyl (C=O) groups is 2. The Balaban J connectivity index is 0.000000705. The lowest BCUT2D eigenvalue weighted by Gasteiger charge is -2.21. The quantitative estimate of drug-likeness (QED) is 0.776. The lowest BCUT2D eigenvalue weighted by Crippen LogP contribution is -2.41. The molecule has 0 saturated carbocycles. The predicted octanol–water partition coefficient (Wildman–Crippen LogP) is 5.19. The standard InChI is InChI=1S/C16H19NO4.C4H10/c1-10(17-15(19)21-16(2,3)4)14(18)13-9-11-7-5-6-8-12(11)20-13;1-4(2)3/h5-10H,1-4H3,(H,17,19);4H,1-3H3. The summed E-state index contributed by atoms with van der Waals surface area (Å²) in [6.07, 6.45) is -0.625. The summed E-state index contributed by atoms with van der Waals surface area (Å²) in [4.78, 5) is 23.9. The Labute approximate surface area is 149 Å². The third-order valence-corrected chi connectivity index (χ3v) is 2.79. The molecule has 1 N–H and O–H groups in total. The van der Waals surface area contributed by atoms with Crippen LogP contribution in [-0.4, -0.2) is 23.5 Å². The van der Waals surface area contributed by atoms with E-state index in [-0.39, 0.29) is 11.5 Å². The van der Waals surface area contributed by atoms with Crippen molar-refractivity contribution in [3.05, 3.63) is 36.1 Å². The highest BCUT2D eigenvalue weighted by Crippen LogP contribution is 2.20. The second-order valence-electron chi connectivity index (χ2n) is 7.61. The molecule has 0 fully saturated rings. The summed E-state index contributed by atoms with van der Waals surface area (Å²) >= 11 is 0. The zero-order valence-corrected chi connectivity index (χ0v) is 16.2. The largest absolute Gasteiger partial charge is 0.453 e. The third kappa shape index (κ3) is 7.42. The second kappa shape index (κ2) is 8.70. The van der Waals surface area contributed by atoms with Gasteiger partial charge in [-0.3, -0.25) is 4.79 Å². The van der Waals surface area contributed by atoms with E-state index in [1.54, 1.807) is 39.8 Å². The van der Waals surface area contributed by atoms with Crippen LogP contribution in [0.2, 0.25) is 0 Å². The lowest BCUT2D eigenvalue weighted by atomic mass is 10.1. The average Bonchev–Trinajstić information content (AvgIpc) is 2.87. The maximum atomic E-state index is 12.3. The number of Topliss-reactive ketones (excluding diaryl/α,β-unsaturated/α-hetero) is 1. The van der Waals surface area contributed by atoms with E-state index in [0.717, 1.165) is 11.3 Å². The van der Waals surface area contributed by atoms with E-state index >= 15 is 0 Å². The van der Waals surface area contributed by atoms with E-state index in [1.165, 1.54) is 0 Å². The summed E-state index contributed by atoms with van der Waals surface area (Å²) in [6, 6.07) is 8.31. The Morgan fingerprint density at radius 1 is 1.08 bits per heavy atom. The van der Waals surface area contributed by atoms with Crippen molar-refractivity contribution in [1.82, 2.24) is 5.32 Å². The molecule has 1 amide bonds. The molecule has 0 radical (unpaired) electrons. The van der Waals surface area contributed by atoms with E-state index < -0.39 is 17.7 Å². The molecule has 1 aromatic heterocycles. The van der Waals surface area contributed by atoms with E-state index in [4.69, 9.17) is 9.15 Å². The number of para-hydroxylation sites is 1. The van der Waals surface area contributed by atoms with Crippen LogP contribution in [0.15, 0.2) is 34.7 Å². The number of amides is 1. The summed E-state index contributed by atoms with van der Waals surface area (Å²) in [6.45, 7) is 13.4. The highest BCUT2D eigenvalue weighted by atomic mass is 16.6. The van der Waals surface area contributed by atoms with Gasteiger partial charge in [0.05, 0.1) is 6.04 Å². The Kier molecular flexibility index (Phi) is 7.22. The molecule has 2 rings (SSSR count). The summed E-state index contributed by atoms with van der Waals surface area (Å²) in [5.74, 6) is 0.761. The lowest BCUT2D eigenvalue weighted by molar-refractivity contribution is 0.0495. The third-order valence-electron chi connectivity index (χ3n) is 2.79. The van der Waals surface area contributed by atoms with Gasteiger partial charge in [-0.25, -0.2) is 4.79 Å². The van der Waals surface area contributed by atoms with Gasteiger partial charge in [0.15, 0.2) is 5.76 Å². The summed E-state index contributed by atoms with van der Waals surface area (Å²) < 4.78 is 10.6. The topological polar surface area (TPSA) is 68.5 Å². The Morgan fingerprint density at radius 3 is 2.16 bits per heavy atom. The van der Waals surface area contributed by atoms with E-state index in [2.05, 4.69) is 26.1 Å². The minimum absolute atomic E-state index is 0.222. The van der Waals surface area contributed by atoms with E-state index in [0.29, 0.717) is 5.58 Å². The second-order valence-corrected chi connectivity index (χ2v) is 7.61. The van der Waals surface area contributed by atoms with Crippen LogP contribution in [0.1, 0.15) is 59.0 Å². The molecule has 1 heterocycles. The number of ketones is 1. The van der Waals surface area contributed by atoms with Crippen molar-refractivity contribution in [2.75, 3.05) is 0 Å². The van der Waals surface area contributed by atoms with Gasteiger partial charge in [0.1, 0.15) is 11.2 Å². The first-order valence-electron chi connectivity index (χ1n) is 8.52. The molecule has 0 aliphatic rings. The minimum Gasteiger partial charge on any atom is -0.453 e. The molecule has 138 valence electrons. The van der Waals surface area contributed by atoms with Crippen LogP contribution in [0.4, 0.5) is 4.79 Å². The number of rotatable bonds is 3. The van der Waals surface area contributed by atoms with Crippen molar-refractivity contribution in [2.24, 2.45) is 5.92 Å². The zero-order valence-electron chi connectivity index (χ0n) is 16.2. The number of hydrogen-bond acceptors (Lipinski definition) is 4. The van der Waals surface area contributed by atoms with Crippen LogP contribution in [0.25, 0.3) is 11.0 Å². The molecule has 0 aliphatic heterocycles. The number of alkyl carbamates (subject to hydrolysis) is 1. The monoisotopic (exact) mass is 347 g/mol. The van der Waals surface area contributed by atoms with Gasteiger partial charge in [-0.15, -0.1) is 0 Å². The SMILES string of the molecule is CC(C)C.CC(NC(=O)OC(C)(C)C)C(=O)c1cc2ccccc2o1. The Hall–Kier alpha value is -2.30. The first-order chi connectivity index (χ1) is 11.5. The van der Waals surface area contributed by atoms with Gasteiger partial charge in [0, 0.05) is 5.39 Å². The average molecular weight is 347 g/mol. The van der Waals surface area contributed by atoms with E-state index in [1.807, 2.05) is 18.2 Å². The van der Waals surface area contributed by atoms with Crippen molar-refractivity contribution in [3.63, 3.8) is 0 Å². The molecule has 0 aliphatic carbocycles. The van der Waals surface area contributed by atoms with Gasteiger partial charge < -0.3 is 14.5 Å². The fourth-order valence-corrected chi connectivity index (χ4v) is 1.87. The molecule has 5 nitrogen and oxygen atoms in total. The van der Waals surface area contributed by atoms with Crippen LogP contribution in [0.5, 0.6) is 0 Å². The molecule has 1 aromatic carbocycles. The first-order valence-corrected chi connectivity index (χ1v) is 8.52. The van der Waals surface area contributed by atoms with Crippen molar-refractivity contribution < 1.29 is 18.7 Å². The van der Waals surface area contributed by atoms with Gasteiger partial charge in [-0.2, -0.15) is 0 Å². The fourth-order valence-electron chi connectivity index (χ4n) is 1.87. The van der Waals surface area contributed by atoms with Crippen molar-refractivity contribution in [2.45, 2.75) is 60.1 Å². The number of fused-ring (bicyclic) bond motifs is 1. The van der Waals surface area contributed by atoms with Crippen LogP contribution in [-0.2, 0) is 4.74 Å². The zero-order chi connectivity index (χ0) is 19.2. The van der Waals surface area contributed by atoms with Gasteiger partial charge in [0.25, 0.3) is 0 Å². The molecule has 0 bridgehead atoms. The number of ether oxygens (including phenoxy) is 1. The molecule has 0 spiro atoms. The summed E-state index contributed by atoms with van der Waals surface area (Å²) in [5, 5.41) is 3.36. The molecule has 25 heavy (non-hydrogen) atoms. The van der Waals surface area contributed by atoms with Crippen LogP contribution in [0.3, 0.4) is 0 Å². The first kappa shape index (κ1) is 20.7. The molecule has 5 heteroatoms. The summed E-state index contributed by atoms with van der Waals surface area (Å²) in [5.41, 5.74) is 0.0389. The number of benzene rings is 1. The summed E-state index contributed by atoms with van der Waals surface area (Å²) in [7, 11) is 0. The van der Waals surface area contributed by atoms with Crippen LogP contribution in [0, 0.1) is 5.92 Å². The van der Waals surface area contributed by atoms with Gasteiger partial charge in [0.2, 0.25) is 5.78 Å². The molecule has 2 aromatic rings. The molecular formula is C20H29NO4. The maximum absolute atomic E-state index is 12.3. The number of nitrogens with one attached hydrogen (secondary N) is 1. The van der Waals surface area contributed by atoms with Gasteiger partial charge in [-0.1, -0.05) is 39.0 Å². The van der Waals surface area contributed by atoms with Crippen molar-refractivity contribution >= 4 is 22.8 Å².